The van der Waals surface area contributed by atoms with E-state index in [4.69, 9.17) is 54.0 Å². The number of hydrogen-bond donors (Lipinski definition) is 10. The second-order valence-corrected chi connectivity index (χ2v) is 53.2. The van der Waals surface area contributed by atoms with Crippen LogP contribution in [0.15, 0.2) is 139 Å². The summed E-state index contributed by atoms with van der Waals surface area (Å²) < 4.78 is 23.8. The second-order valence-electron chi connectivity index (χ2n) is 47.3. The average Bonchev–Trinajstić information content (AvgIpc) is 1.54. The smallest absolute Gasteiger partial charge is 0.333 e. The third-order valence-electron chi connectivity index (χ3n) is 36.8. The number of aromatic nitrogens is 14. The predicted molar refractivity (Wildman–Crippen MR) is 564 cm³/mol. The highest BCUT2D eigenvalue weighted by Crippen LogP contribution is 2.70. The Bertz CT molecular complexity index is 7170. The number of alkyl halides is 1. The van der Waals surface area contributed by atoms with Gasteiger partial charge >= 0.3 is 28.4 Å². The van der Waals surface area contributed by atoms with Gasteiger partial charge < -0.3 is 48.0 Å². The molecule has 30 rings (SSSR count). The number of rotatable bonds is 27. The number of aromatic amines is 4. The molecule has 20 aliphatic carbocycles. The molecule has 0 radical (unpaired) electrons. The van der Waals surface area contributed by atoms with Crippen LogP contribution in [0.5, 0.6) is 0 Å². The summed E-state index contributed by atoms with van der Waals surface area (Å²) in [7, 11) is -1.25. The van der Waals surface area contributed by atoms with Gasteiger partial charge in [-0.1, -0.05) is 150 Å². The molecule has 0 spiro atoms. The van der Waals surface area contributed by atoms with Crippen molar-refractivity contribution in [3.63, 3.8) is 0 Å². The molecule has 3 aromatic carbocycles. The molecule has 10 atom stereocenters. The third kappa shape index (κ3) is 18.6. The van der Waals surface area contributed by atoms with Crippen LogP contribution in [0.25, 0.3) is 22.3 Å². The zero-order chi connectivity index (χ0) is 102. The number of anilines is 6. The van der Waals surface area contributed by atoms with Crippen molar-refractivity contribution in [1.29, 1.82) is 0 Å². The van der Waals surface area contributed by atoms with E-state index < -0.39 is 41.8 Å². The molecule has 776 valence electrons. The summed E-state index contributed by atoms with van der Waals surface area (Å²) in [6, 6.07) is 30.2. The highest BCUT2D eigenvalue weighted by Gasteiger charge is 2.66. The molecule has 10 unspecified atom stereocenters. The van der Waals surface area contributed by atoms with E-state index in [0.29, 0.717) is 122 Å². The van der Waals surface area contributed by atoms with Gasteiger partial charge in [0.05, 0.1) is 36.1 Å². The Labute approximate surface area is 846 Å². The zero-order valence-corrected chi connectivity index (χ0v) is 86.7. The number of amides is 2. The van der Waals surface area contributed by atoms with Gasteiger partial charge in [-0.25, -0.2) is 33.9 Å². The van der Waals surface area contributed by atoms with Gasteiger partial charge in [0.2, 0.25) is 11.8 Å². The number of nitrogens with zero attached hydrogens (tertiary/aromatic N) is 10. The van der Waals surface area contributed by atoms with E-state index in [1.807, 2.05) is 105 Å². The fraction of sp³-hybridized carbons (Fsp3) is 0.615. The SMILES string of the molecule is CCCn1c(=O)[nH]c(N)c(NC(=O)C23CC4CC(CC2C4)C3)c1=O.CCCn1c(=O)n(Cc2ccccc2)c(=O)c2[nH]c(C34CC5CC(CC3C5)C4)nc21.CCCn1c(=O)n(Cc2ccccc2)c(=O)c2c1nc(C13CC4CC(CC1C4)C3)n2COCC[Si](C)(C)C.CCCn1c(N)c(N)c(=O)[nH]c1=O.ClCOC12CC3CC(CC1C3)C2.Nc1[nH]c(=O)n(Cc2ccccc2)c(=O)c1NC(=O)C12CC3CC(CC1C3)C2. The van der Waals surface area contributed by atoms with Crippen molar-refractivity contribution < 1.29 is 19.1 Å². The largest absolute Gasteiger partial charge is 0.391 e. The van der Waals surface area contributed by atoms with Crippen molar-refractivity contribution in [1.82, 2.24) is 66.4 Å². The monoisotopic (exact) mass is 2020 g/mol. The molecule has 145 heavy (non-hydrogen) atoms. The number of ether oxygens (including phenoxy) is 2. The average molecular weight is 2020 g/mol. The number of imidazole rings is 2. The number of H-pyrrole nitrogens is 4. The second kappa shape index (κ2) is 40.0. The molecule has 20 aliphatic rings. The van der Waals surface area contributed by atoms with Gasteiger partial charge in [-0.2, -0.15) is 0 Å². The number of nitrogens with two attached hydrogens (primary N) is 4. The summed E-state index contributed by atoms with van der Waals surface area (Å²) in [4.78, 5) is 173. The van der Waals surface area contributed by atoms with Gasteiger partial charge in [-0.05, 0) is 298 Å². The van der Waals surface area contributed by atoms with E-state index in [0.717, 1.165) is 168 Å². The molecule has 0 saturated heterocycles. The Balaban J connectivity index is 0.000000110. The van der Waals surface area contributed by atoms with Crippen molar-refractivity contribution in [2.24, 2.45) is 99.6 Å². The molecule has 10 aromatic rings. The number of carbonyl (C=O) groups excluding carboxylic acids is 2. The Morgan fingerprint density at radius 3 is 1.27 bits per heavy atom. The first-order valence-corrected chi connectivity index (χ1v) is 58.0. The highest BCUT2D eigenvalue weighted by atomic mass is 35.5. The summed E-state index contributed by atoms with van der Waals surface area (Å²) >= 11 is 5.68. The van der Waals surface area contributed by atoms with Gasteiger partial charge in [0.15, 0.2) is 16.8 Å². The number of nitrogens with one attached hydrogen (secondary N) is 6. The van der Waals surface area contributed by atoms with E-state index in [-0.39, 0.29) is 116 Å². The lowest BCUT2D eigenvalue weighted by Gasteiger charge is -2.32. The fourth-order valence-electron chi connectivity index (χ4n) is 31.4. The van der Waals surface area contributed by atoms with Gasteiger partial charge in [0.25, 0.3) is 27.8 Å². The Hall–Kier alpha value is -11.4. The van der Waals surface area contributed by atoms with Gasteiger partial charge in [0.1, 0.15) is 64.5 Å². The molecular weight excluding hydrogens is 1880 g/mol. The fourth-order valence-corrected chi connectivity index (χ4v) is 32.4. The third-order valence-corrected chi connectivity index (χ3v) is 38.6. The number of fused-ring (bicyclic) bond motifs is 2. The van der Waals surface area contributed by atoms with Crippen LogP contribution < -0.4 is 89.8 Å². The van der Waals surface area contributed by atoms with Crippen LogP contribution >= 0.6 is 11.6 Å². The van der Waals surface area contributed by atoms with Crippen molar-refractivity contribution in [3.05, 3.63) is 224 Å². The molecule has 0 aliphatic heterocycles. The van der Waals surface area contributed by atoms with E-state index in [2.05, 4.69) is 68.6 Å². The maximum absolute atomic E-state index is 14.2. The quantitative estimate of drug-likeness (QED) is 0.0130. The first-order chi connectivity index (χ1) is 69.6. The van der Waals surface area contributed by atoms with Gasteiger partial charge in [-0.3, -0.25) is 85.1 Å². The van der Waals surface area contributed by atoms with E-state index in [1.54, 1.807) is 9.13 Å². The van der Waals surface area contributed by atoms with E-state index >= 15 is 0 Å². The number of halogens is 1. The lowest BCUT2D eigenvalue weighted by atomic mass is 9.75. The van der Waals surface area contributed by atoms with E-state index in [1.165, 1.54) is 110 Å². The van der Waals surface area contributed by atoms with Gasteiger partial charge in [-0.15, -0.1) is 0 Å². The Kier molecular flexibility index (Phi) is 27.8. The molecule has 2 amide bonds. The molecule has 14 N–H and O–H groups in total. The van der Waals surface area contributed by atoms with Crippen molar-refractivity contribution in [2.45, 2.75) is 309 Å². The maximum Gasteiger partial charge on any atom is 0.333 e. The van der Waals surface area contributed by atoms with Crippen LogP contribution in [0.2, 0.25) is 25.7 Å². The number of nitrogen functional groups attached to an aromatic ring is 4. The van der Waals surface area contributed by atoms with Crippen LogP contribution in [-0.2, 0) is 82.4 Å². The van der Waals surface area contributed by atoms with Crippen LogP contribution in [0.3, 0.4) is 0 Å². The molecule has 7 heterocycles. The van der Waals surface area contributed by atoms with Crippen LogP contribution in [-0.4, -0.2) is 105 Å². The van der Waals surface area contributed by atoms with E-state index in [9.17, 15) is 57.5 Å². The summed E-state index contributed by atoms with van der Waals surface area (Å²) in [5, 5.41) is 5.59. The Morgan fingerprint density at radius 2 is 0.807 bits per heavy atom. The molecule has 20 bridgehead atoms. The summed E-state index contributed by atoms with van der Waals surface area (Å²) in [5.74, 6) is 12.4. The lowest BCUT2D eigenvalue weighted by molar-refractivity contribution is -0.128. The standard InChI is InChI=1S/C30H42N4O3Si.C24H28N4O2.C21H24N4O3.C17H24N4O3.C10H15ClO.C7H12N4O2/c1-5-11-32-26-25(27(35)33(29(32)36)19-21-9-7-6-8-10-21)34(20-37-12-13-38(2,3)4)28(31-26)30-17-22-14-23(18-30)16-24(30)15-22;1-2-8-27-20-19(21(29)28(23(27)30)14-15-6-4-3-5-7-15)25-22(26-20)24-12-16-9-17(13-24)11-18(24)10-16;22-17-16(18(26)25(20(28)24-17)11-12-4-2-1-3-5-12)23-19(27)21-9-13-6-14(10-21)8-15(21)7-13;1-2-3-21-14(22)12(13(18)20-16(21)24)19-15(23)17-7-9-4-10(8-17)6-11(17)5-9;11-6-12-10-4-7-1-8(5-10)3-9(10)2-7;1-2-3-11-5(9)4(8)6(12)10-7(11)13/h6-10,22-24H,5,11-20H2,1-4H3;3-7,16-18H,2,8-14H2,1H3,(H,25,26);1-5,13-15H,6-11,22H2,(H,23,27)(H,24,28);9-11H,2-8,18H2,1H3,(H,19,23)(H,20,24);7-9H,1-6H2;2-3,8-9H2,1H3,(H,10,12,13). The van der Waals surface area contributed by atoms with Gasteiger partial charge in [0, 0.05) is 51.7 Å². The molecule has 20 fully saturated rings. The molecule has 34 nitrogen and oxygen atoms in total. The lowest BCUT2D eigenvalue weighted by Crippen LogP contribution is -2.42. The minimum Gasteiger partial charge on any atom is -0.391 e. The highest BCUT2D eigenvalue weighted by molar-refractivity contribution is 6.76. The first kappa shape index (κ1) is 101. The zero-order valence-electron chi connectivity index (χ0n) is 85.0. The van der Waals surface area contributed by atoms with Crippen molar-refractivity contribution >= 4 is 88.3 Å². The predicted octanol–water partition coefficient (Wildman–Crippen LogP) is 13.7. The van der Waals surface area contributed by atoms with Crippen molar-refractivity contribution in [3.8, 4) is 0 Å². The van der Waals surface area contributed by atoms with Crippen LogP contribution in [0, 0.1) is 99.6 Å². The van der Waals surface area contributed by atoms with Crippen LogP contribution in [0.1, 0.15) is 242 Å². The van der Waals surface area contributed by atoms with Crippen molar-refractivity contribution in [2.75, 3.05) is 46.2 Å². The normalized spacial score (nSPS) is 29.7. The number of aryl methyl sites for hydroxylation is 2. The Morgan fingerprint density at radius 1 is 0.421 bits per heavy atom. The minimum absolute atomic E-state index is 0.0124. The minimum atomic E-state index is -1.25. The summed E-state index contributed by atoms with van der Waals surface area (Å²) in [6.45, 7) is 18.5. The molecule has 7 aromatic heterocycles. The topological polar surface area (TPSA) is 480 Å². The molecule has 20 saturated carbocycles. The van der Waals surface area contributed by atoms with Crippen LogP contribution in [0.4, 0.5) is 34.5 Å². The molecular formula is C109H145ClN20O14Si. The first-order valence-electron chi connectivity index (χ1n) is 53.7. The molecule has 36 heteroatoms. The summed E-state index contributed by atoms with van der Waals surface area (Å²) in [5.41, 5.74) is 22.6. The number of benzene rings is 3. The number of hydrogen-bond acceptors (Lipinski definition) is 20. The number of carbonyl (C=O) groups is 2. The maximum atomic E-state index is 14.2. The summed E-state index contributed by atoms with van der Waals surface area (Å²) in [6.07, 6.45) is 33.1.